The molecule has 2 aromatic rings. The van der Waals surface area contributed by atoms with Crippen molar-refractivity contribution in [3.63, 3.8) is 0 Å². The summed E-state index contributed by atoms with van der Waals surface area (Å²) in [6.07, 6.45) is 0. The molecule has 0 bridgehead atoms. The van der Waals surface area contributed by atoms with Gasteiger partial charge in [-0.1, -0.05) is 0 Å². The average molecular weight is 326 g/mol. The lowest BCUT2D eigenvalue weighted by molar-refractivity contribution is 0.156. The zero-order valence-electron chi connectivity index (χ0n) is 13.2. The van der Waals surface area contributed by atoms with Crippen LogP contribution in [0.3, 0.4) is 0 Å². The SMILES string of the molecule is COCCN(C)Cc1nc(-c2ccc(F)c(F)c2)nn1CCO. The summed E-state index contributed by atoms with van der Waals surface area (Å²) in [4.78, 5) is 6.38. The molecule has 0 atom stereocenters. The molecule has 126 valence electrons. The van der Waals surface area contributed by atoms with Gasteiger partial charge < -0.3 is 9.84 Å². The van der Waals surface area contributed by atoms with Crippen molar-refractivity contribution in [3.05, 3.63) is 35.7 Å². The molecule has 0 amide bonds. The molecule has 2 rings (SSSR count). The number of hydrogen-bond donors (Lipinski definition) is 1. The number of halogens is 2. The van der Waals surface area contributed by atoms with Crippen molar-refractivity contribution in [2.24, 2.45) is 0 Å². The number of hydrogen-bond acceptors (Lipinski definition) is 5. The predicted molar refractivity (Wildman–Crippen MR) is 80.7 cm³/mol. The number of aromatic nitrogens is 3. The Bertz CT molecular complexity index is 648. The monoisotopic (exact) mass is 326 g/mol. The maximum absolute atomic E-state index is 13.4. The molecule has 0 saturated heterocycles. The van der Waals surface area contributed by atoms with Crippen molar-refractivity contribution >= 4 is 0 Å². The molecule has 0 fully saturated rings. The van der Waals surface area contributed by atoms with E-state index in [-0.39, 0.29) is 13.2 Å². The molecule has 1 aromatic heterocycles. The van der Waals surface area contributed by atoms with Gasteiger partial charge in [-0.15, -0.1) is 0 Å². The second kappa shape index (κ2) is 8.09. The largest absolute Gasteiger partial charge is 0.394 e. The van der Waals surface area contributed by atoms with Crippen LogP contribution in [0.1, 0.15) is 5.82 Å². The molecule has 0 saturated carbocycles. The summed E-state index contributed by atoms with van der Waals surface area (Å²) < 4.78 is 33.0. The Balaban J connectivity index is 2.24. The highest BCUT2D eigenvalue weighted by atomic mass is 19.2. The van der Waals surface area contributed by atoms with Gasteiger partial charge in [0.05, 0.1) is 26.3 Å². The van der Waals surface area contributed by atoms with Crippen LogP contribution in [0.2, 0.25) is 0 Å². The minimum Gasteiger partial charge on any atom is -0.394 e. The molecule has 23 heavy (non-hydrogen) atoms. The highest BCUT2D eigenvalue weighted by Gasteiger charge is 2.14. The first-order valence-corrected chi connectivity index (χ1v) is 7.22. The molecule has 0 unspecified atom stereocenters. The Kier molecular flexibility index (Phi) is 6.14. The number of likely N-dealkylation sites (N-methyl/N-ethyl adjacent to an activating group) is 1. The summed E-state index contributed by atoms with van der Waals surface area (Å²) in [7, 11) is 3.54. The summed E-state index contributed by atoms with van der Waals surface area (Å²) in [6.45, 7) is 1.99. The van der Waals surface area contributed by atoms with Gasteiger partial charge in [0, 0.05) is 19.2 Å². The van der Waals surface area contributed by atoms with E-state index >= 15 is 0 Å². The van der Waals surface area contributed by atoms with Crippen LogP contribution in [0.25, 0.3) is 11.4 Å². The normalized spacial score (nSPS) is 11.4. The van der Waals surface area contributed by atoms with Gasteiger partial charge in [-0.05, 0) is 25.2 Å². The molecule has 0 spiro atoms. The molecular formula is C15H20F2N4O2. The van der Waals surface area contributed by atoms with Crippen LogP contribution in [-0.4, -0.2) is 58.7 Å². The van der Waals surface area contributed by atoms with E-state index in [0.29, 0.717) is 36.9 Å². The molecule has 0 aliphatic rings. The van der Waals surface area contributed by atoms with E-state index in [1.807, 2.05) is 11.9 Å². The second-order valence-electron chi connectivity index (χ2n) is 5.16. The number of rotatable bonds is 8. The van der Waals surface area contributed by atoms with Gasteiger partial charge in [-0.3, -0.25) is 4.90 Å². The summed E-state index contributed by atoms with van der Waals surface area (Å²) in [5.41, 5.74) is 0.390. The Morgan fingerprint density at radius 1 is 1.30 bits per heavy atom. The third-order valence-corrected chi connectivity index (χ3v) is 3.33. The lowest BCUT2D eigenvalue weighted by Crippen LogP contribution is -2.24. The first kappa shape index (κ1) is 17.5. The minimum atomic E-state index is -0.945. The van der Waals surface area contributed by atoms with E-state index in [2.05, 4.69) is 10.1 Å². The fraction of sp³-hybridized carbons (Fsp3) is 0.467. The van der Waals surface area contributed by atoms with Gasteiger partial charge in [0.15, 0.2) is 17.5 Å². The van der Waals surface area contributed by atoms with Crippen LogP contribution in [0.4, 0.5) is 8.78 Å². The predicted octanol–water partition coefficient (Wildman–Crippen LogP) is 1.29. The van der Waals surface area contributed by atoms with E-state index < -0.39 is 11.6 Å². The fourth-order valence-electron chi connectivity index (χ4n) is 2.09. The summed E-state index contributed by atoms with van der Waals surface area (Å²) in [5.74, 6) is -0.923. The van der Waals surface area contributed by atoms with Crippen molar-refractivity contribution in [2.45, 2.75) is 13.1 Å². The molecule has 1 N–H and O–H groups in total. The van der Waals surface area contributed by atoms with Crippen molar-refractivity contribution in [2.75, 3.05) is 33.9 Å². The highest BCUT2D eigenvalue weighted by molar-refractivity contribution is 5.54. The first-order chi connectivity index (χ1) is 11.0. The summed E-state index contributed by atoms with van der Waals surface area (Å²) >= 11 is 0. The lowest BCUT2D eigenvalue weighted by Gasteiger charge is -2.15. The van der Waals surface area contributed by atoms with E-state index in [9.17, 15) is 8.78 Å². The third-order valence-electron chi connectivity index (χ3n) is 3.33. The van der Waals surface area contributed by atoms with E-state index in [1.165, 1.54) is 6.07 Å². The number of benzene rings is 1. The van der Waals surface area contributed by atoms with E-state index in [4.69, 9.17) is 9.84 Å². The zero-order valence-corrected chi connectivity index (χ0v) is 13.2. The smallest absolute Gasteiger partial charge is 0.181 e. The Morgan fingerprint density at radius 2 is 2.09 bits per heavy atom. The average Bonchev–Trinajstić information content (AvgIpc) is 2.91. The van der Waals surface area contributed by atoms with Crippen molar-refractivity contribution < 1.29 is 18.6 Å². The van der Waals surface area contributed by atoms with Gasteiger partial charge in [0.2, 0.25) is 0 Å². The quantitative estimate of drug-likeness (QED) is 0.792. The Hall–Kier alpha value is -1.90. The second-order valence-corrected chi connectivity index (χ2v) is 5.16. The van der Waals surface area contributed by atoms with Crippen LogP contribution in [-0.2, 0) is 17.8 Å². The van der Waals surface area contributed by atoms with Gasteiger partial charge >= 0.3 is 0 Å². The Morgan fingerprint density at radius 3 is 2.74 bits per heavy atom. The number of methoxy groups -OCH3 is 1. The van der Waals surface area contributed by atoms with E-state index in [1.54, 1.807) is 11.8 Å². The van der Waals surface area contributed by atoms with E-state index in [0.717, 1.165) is 12.1 Å². The number of nitrogens with zero attached hydrogens (tertiary/aromatic N) is 4. The molecule has 1 aromatic carbocycles. The molecule has 6 nitrogen and oxygen atoms in total. The number of aliphatic hydroxyl groups is 1. The lowest BCUT2D eigenvalue weighted by atomic mass is 10.2. The molecule has 0 aliphatic carbocycles. The molecule has 8 heteroatoms. The summed E-state index contributed by atoms with van der Waals surface area (Å²) in [5, 5.41) is 13.4. The highest BCUT2D eigenvalue weighted by Crippen LogP contribution is 2.19. The molecular weight excluding hydrogens is 306 g/mol. The van der Waals surface area contributed by atoms with Crippen molar-refractivity contribution in [1.82, 2.24) is 19.7 Å². The number of ether oxygens (including phenoxy) is 1. The van der Waals surface area contributed by atoms with Crippen molar-refractivity contribution in [3.8, 4) is 11.4 Å². The molecule has 0 radical (unpaired) electrons. The third kappa shape index (κ3) is 4.54. The fourth-order valence-corrected chi connectivity index (χ4v) is 2.09. The molecule has 1 heterocycles. The van der Waals surface area contributed by atoms with Crippen LogP contribution in [0.5, 0.6) is 0 Å². The van der Waals surface area contributed by atoms with Gasteiger partial charge in [-0.2, -0.15) is 5.10 Å². The van der Waals surface area contributed by atoms with Crippen LogP contribution in [0, 0.1) is 11.6 Å². The van der Waals surface area contributed by atoms with Gasteiger partial charge in [-0.25, -0.2) is 18.4 Å². The standard InChI is InChI=1S/C15H20F2N4O2/c1-20(6-8-23-2)10-14-18-15(19-21(14)5-7-22)11-3-4-12(16)13(17)9-11/h3-4,9,22H,5-8,10H2,1-2H3. The van der Waals surface area contributed by atoms with Crippen LogP contribution < -0.4 is 0 Å². The zero-order chi connectivity index (χ0) is 16.8. The summed E-state index contributed by atoms with van der Waals surface area (Å²) in [6, 6.07) is 3.53. The van der Waals surface area contributed by atoms with Crippen molar-refractivity contribution in [1.29, 1.82) is 0 Å². The maximum Gasteiger partial charge on any atom is 0.181 e. The number of aliphatic hydroxyl groups excluding tert-OH is 1. The van der Waals surface area contributed by atoms with Gasteiger partial charge in [0.1, 0.15) is 5.82 Å². The molecule has 0 aliphatic heterocycles. The topological polar surface area (TPSA) is 63.4 Å². The van der Waals surface area contributed by atoms with Gasteiger partial charge in [0.25, 0.3) is 0 Å². The Labute approximate surface area is 133 Å². The first-order valence-electron chi connectivity index (χ1n) is 7.22. The maximum atomic E-state index is 13.4. The minimum absolute atomic E-state index is 0.0879. The van der Waals surface area contributed by atoms with Crippen LogP contribution >= 0.6 is 0 Å². The van der Waals surface area contributed by atoms with Crippen LogP contribution in [0.15, 0.2) is 18.2 Å².